The number of ether oxygens (including phenoxy) is 1. The summed E-state index contributed by atoms with van der Waals surface area (Å²) in [6.45, 7) is 7.55. The highest BCUT2D eigenvalue weighted by molar-refractivity contribution is 5.86. The summed E-state index contributed by atoms with van der Waals surface area (Å²) in [7, 11) is 0. The van der Waals surface area contributed by atoms with E-state index in [9.17, 15) is 14.4 Å². The first-order valence-corrected chi connectivity index (χ1v) is 11.3. The number of hydrogen-bond donors (Lipinski definition) is 2. The van der Waals surface area contributed by atoms with Gasteiger partial charge < -0.3 is 20.1 Å². The second-order valence-electron chi connectivity index (χ2n) is 9.24. The fourth-order valence-corrected chi connectivity index (χ4v) is 4.29. The Morgan fingerprint density at radius 1 is 1.03 bits per heavy atom. The first-order chi connectivity index (χ1) is 15.6. The predicted molar refractivity (Wildman–Crippen MR) is 126 cm³/mol. The molecule has 3 rings (SSSR count). The Labute approximate surface area is 194 Å². The Balaban J connectivity index is 1.67. The Bertz CT molecular complexity index is 982. The van der Waals surface area contributed by atoms with Crippen molar-refractivity contribution in [3.8, 4) is 11.1 Å². The van der Waals surface area contributed by atoms with E-state index in [1.54, 1.807) is 6.92 Å². The average molecular weight is 453 g/mol. The molecular formula is C26H32N2O5. The number of benzene rings is 2. The van der Waals surface area contributed by atoms with Crippen molar-refractivity contribution in [1.82, 2.24) is 10.2 Å². The van der Waals surface area contributed by atoms with E-state index in [0.717, 1.165) is 22.3 Å². The van der Waals surface area contributed by atoms with Crippen LogP contribution in [-0.2, 0) is 14.3 Å². The van der Waals surface area contributed by atoms with Crippen LogP contribution in [0.25, 0.3) is 11.1 Å². The summed E-state index contributed by atoms with van der Waals surface area (Å²) in [5.74, 6) is -1.37. The first-order valence-electron chi connectivity index (χ1n) is 11.3. The summed E-state index contributed by atoms with van der Waals surface area (Å²) < 4.78 is 5.57. The molecule has 2 N–H and O–H groups in total. The minimum atomic E-state index is -0.977. The van der Waals surface area contributed by atoms with Gasteiger partial charge in [0.15, 0.2) is 0 Å². The van der Waals surface area contributed by atoms with Crippen LogP contribution in [0.4, 0.5) is 4.79 Å². The number of nitrogens with one attached hydrogen (secondary N) is 1. The van der Waals surface area contributed by atoms with Crippen LogP contribution in [-0.4, -0.2) is 52.7 Å². The zero-order valence-electron chi connectivity index (χ0n) is 19.6. The summed E-state index contributed by atoms with van der Waals surface area (Å²) in [5, 5.41) is 11.7. The van der Waals surface area contributed by atoms with E-state index in [4.69, 9.17) is 9.84 Å². The highest BCUT2D eigenvalue weighted by Gasteiger charge is 2.33. The smallest absolute Gasteiger partial charge is 0.407 e. The summed E-state index contributed by atoms with van der Waals surface area (Å²) >= 11 is 0. The molecule has 0 radical (unpaired) electrons. The lowest BCUT2D eigenvalue weighted by Crippen LogP contribution is -2.55. The molecule has 2 aromatic rings. The minimum Gasteiger partial charge on any atom is -0.481 e. The van der Waals surface area contributed by atoms with Gasteiger partial charge in [-0.15, -0.1) is 0 Å². The molecule has 0 fully saturated rings. The molecule has 0 aromatic heterocycles. The second-order valence-corrected chi connectivity index (χ2v) is 9.24. The third kappa shape index (κ3) is 5.53. The van der Waals surface area contributed by atoms with E-state index in [0.29, 0.717) is 6.42 Å². The minimum absolute atomic E-state index is 0.0689. The standard InChI is InChI=1S/C26H32N2O5/c1-5-22(24(31)28(26(2,3)4)15-14-23(29)30)27-25(32)33-16-21-19-12-8-6-10-17(19)18-11-7-9-13-20(18)21/h6-13,21-22H,5,14-16H2,1-4H3,(H,27,32)(H,29,30). The van der Waals surface area contributed by atoms with Gasteiger partial charge >= 0.3 is 12.1 Å². The molecule has 2 aromatic carbocycles. The Morgan fingerprint density at radius 3 is 2.06 bits per heavy atom. The number of aliphatic carboxylic acids is 1. The lowest BCUT2D eigenvalue weighted by Gasteiger charge is -2.37. The Hall–Kier alpha value is -3.35. The summed E-state index contributed by atoms with van der Waals surface area (Å²) in [6.07, 6.45) is -0.461. The number of alkyl carbamates (subject to hydrolysis) is 1. The van der Waals surface area contributed by atoms with Crippen molar-refractivity contribution in [3.05, 3.63) is 59.7 Å². The second kappa shape index (κ2) is 10.1. The molecule has 1 aliphatic carbocycles. The van der Waals surface area contributed by atoms with Crippen LogP contribution in [0.5, 0.6) is 0 Å². The summed E-state index contributed by atoms with van der Waals surface area (Å²) in [6, 6.07) is 15.4. The fourth-order valence-electron chi connectivity index (χ4n) is 4.29. The van der Waals surface area contributed by atoms with E-state index in [1.165, 1.54) is 4.90 Å². The molecule has 1 atom stereocenters. The molecule has 1 aliphatic rings. The number of nitrogens with zero attached hydrogens (tertiary/aromatic N) is 1. The van der Waals surface area contributed by atoms with Crippen molar-refractivity contribution in [2.75, 3.05) is 13.2 Å². The van der Waals surface area contributed by atoms with Crippen LogP contribution < -0.4 is 5.32 Å². The van der Waals surface area contributed by atoms with Gasteiger partial charge in [-0.1, -0.05) is 55.5 Å². The van der Waals surface area contributed by atoms with Gasteiger partial charge in [-0.05, 0) is 49.4 Å². The van der Waals surface area contributed by atoms with E-state index in [1.807, 2.05) is 57.2 Å². The molecular weight excluding hydrogens is 420 g/mol. The molecule has 0 bridgehead atoms. The molecule has 0 heterocycles. The van der Waals surface area contributed by atoms with Gasteiger partial charge in [0.1, 0.15) is 12.6 Å². The molecule has 0 aliphatic heterocycles. The fraction of sp³-hybridized carbons (Fsp3) is 0.423. The molecule has 7 heteroatoms. The molecule has 0 spiro atoms. The first kappa shape index (κ1) is 24.3. The maximum Gasteiger partial charge on any atom is 0.407 e. The Kier molecular flexibility index (Phi) is 7.41. The number of carboxylic acids is 1. The van der Waals surface area contributed by atoms with Gasteiger partial charge in [0, 0.05) is 18.0 Å². The number of carbonyl (C=O) groups excluding carboxylic acids is 2. The number of amides is 2. The van der Waals surface area contributed by atoms with Gasteiger partial charge in [0.25, 0.3) is 0 Å². The highest BCUT2D eigenvalue weighted by atomic mass is 16.5. The predicted octanol–water partition coefficient (Wildman–Crippen LogP) is 4.41. The molecule has 0 saturated carbocycles. The normalized spacial score (nSPS) is 13.6. The van der Waals surface area contributed by atoms with E-state index < -0.39 is 23.6 Å². The van der Waals surface area contributed by atoms with Gasteiger partial charge in [-0.3, -0.25) is 9.59 Å². The lowest BCUT2D eigenvalue weighted by molar-refractivity contribution is -0.141. The van der Waals surface area contributed by atoms with Crippen LogP contribution in [0.3, 0.4) is 0 Å². The maximum atomic E-state index is 13.1. The number of fused-ring (bicyclic) bond motifs is 3. The third-order valence-electron chi connectivity index (χ3n) is 5.97. The van der Waals surface area contributed by atoms with E-state index >= 15 is 0 Å². The van der Waals surface area contributed by atoms with Crippen molar-refractivity contribution in [1.29, 1.82) is 0 Å². The monoisotopic (exact) mass is 452 g/mol. The van der Waals surface area contributed by atoms with Crippen molar-refractivity contribution < 1.29 is 24.2 Å². The largest absolute Gasteiger partial charge is 0.481 e. The lowest BCUT2D eigenvalue weighted by atomic mass is 9.98. The molecule has 33 heavy (non-hydrogen) atoms. The number of rotatable bonds is 8. The van der Waals surface area contributed by atoms with Crippen LogP contribution in [0.2, 0.25) is 0 Å². The molecule has 176 valence electrons. The van der Waals surface area contributed by atoms with Crippen LogP contribution >= 0.6 is 0 Å². The maximum absolute atomic E-state index is 13.1. The number of carbonyl (C=O) groups is 3. The van der Waals surface area contributed by atoms with Crippen LogP contribution in [0, 0.1) is 0 Å². The summed E-state index contributed by atoms with van der Waals surface area (Å²) in [5.41, 5.74) is 3.93. The number of hydrogen-bond acceptors (Lipinski definition) is 4. The molecule has 7 nitrogen and oxygen atoms in total. The molecule has 0 saturated heterocycles. The zero-order chi connectivity index (χ0) is 24.2. The quantitative estimate of drug-likeness (QED) is 0.619. The van der Waals surface area contributed by atoms with Gasteiger partial charge in [-0.2, -0.15) is 0 Å². The molecule has 1 unspecified atom stereocenters. The average Bonchev–Trinajstić information content (AvgIpc) is 3.08. The van der Waals surface area contributed by atoms with Gasteiger partial charge in [0.2, 0.25) is 5.91 Å². The van der Waals surface area contributed by atoms with Gasteiger partial charge in [-0.25, -0.2) is 4.79 Å². The van der Waals surface area contributed by atoms with Crippen LogP contribution in [0.1, 0.15) is 57.6 Å². The molecule has 2 amide bonds. The Morgan fingerprint density at radius 2 is 1.58 bits per heavy atom. The highest BCUT2D eigenvalue weighted by Crippen LogP contribution is 2.44. The summed E-state index contributed by atoms with van der Waals surface area (Å²) in [4.78, 5) is 38.3. The van der Waals surface area contributed by atoms with Crippen molar-refractivity contribution in [3.63, 3.8) is 0 Å². The van der Waals surface area contributed by atoms with Crippen LogP contribution in [0.15, 0.2) is 48.5 Å². The SMILES string of the molecule is CCC(NC(=O)OCC1c2ccccc2-c2ccccc21)C(=O)N(CCC(=O)O)C(C)(C)C. The van der Waals surface area contributed by atoms with Crippen molar-refractivity contribution in [2.45, 2.75) is 58.0 Å². The zero-order valence-corrected chi connectivity index (χ0v) is 19.6. The van der Waals surface area contributed by atoms with E-state index in [2.05, 4.69) is 17.4 Å². The topological polar surface area (TPSA) is 95.9 Å². The van der Waals surface area contributed by atoms with Crippen molar-refractivity contribution >= 4 is 18.0 Å². The van der Waals surface area contributed by atoms with Gasteiger partial charge in [0.05, 0.1) is 6.42 Å². The number of carboxylic acid groups (broad SMARTS) is 1. The van der Waals surface area contributed by atoms with Crippen molar-refractivity contribution in [2.24, 2.45) is 0 Å². The van der Waals surface area contributed by atoms with E-state index in [-0.39, 0.29) is 31.4 Å². The third-order valence-corrected chi connectivity index (χ3v) is 5.97.